The van der Waals surface area contributed by atoms with E-state index in [4.69, 9.17) is 10.5 Å². The van der Waals surface area contributed by atoms with Gasteiger partial charge in [-0.2, -0.15) is 0 Å². The predicted octanol–water partition coefficient (Wildman–Crippen LogP) is 3.65. The van der Waals surface area contributed by atoms with E-state index in [1.807, 2.05) is 6.07 Å². The van der Waals surface area contributed by atoms with Crippen molar-refractivity contribution in [3.8, 4) is 5.75 Å². The van der Waals surface area contributed by atoms with Gasteiger partial charge in [-0.15, -0.1) is 0 Å². The molecule has 0 saturated heterocycles. The lowest BCUT2D eigenvalue weighted by Gasteiger charge is -2.26. The molecule has 3 rings (SSSR count). The third kappa shape index (κ3) is 2.56. The van der Waals surface area contributed by atoms with Gasteiger partial charge in [-0.05, 0) is 73.1 Å². The van der Waals surface area contributed by atoms with E-state index < -0.39 is 0 Å². The summed E-state index contributed by atoms with van der Waals surface area (Å²) < 4.78 is 5.36. The first-order chi connectivity index (χ1) is 10.0. The minimum Gasteiger partial charge on any atom is -0.497 e. The highest BCUT2D eigenvalue weighted by Gasteiger charge is 2.35. The lowest BCUT2D eigenvalue weighted by Crippen LogP contribution is -2.36. The van der Waals surface area contributed by atoms with Crippen molar-refractivity contribution in [1.82, 2.24) is 0 Å². The van der Waals surface area contributed by atoms with E-state index in [0.717, 1.165) is 25.0 Å². The highest BCUT2D eigenvalue weighted by atomic mass is 16.5. The Morgan fingerprint density at radius 2 is 1.90 bits per heavy atom. The van der Waals surface area contributed by atoms with Gasteiger partial charge in [-0.3, -0.25) is 0 Å². The van der Waals surface area contributed by atoms with Gasteiger partial charge in [0.2, 0.25) is 0 Å². The number of hydrogen-bond donors (Lipinski definition) is 1. The summed E-state index contributed by atoms with van der Waals surface area (Å²) in [7, 11) is 1.71. The van der Waals surface area contributed by atoms with E-state index in [-0.39, 0.29) is 5.54 Å². The molecule has 2 nitrogen and oxygen atoms in total. The standard InChI is InChI=1S/C19H23NO/c1-13-4-5-15(10-14(13)2)12-19(20)9-8-16-6-7-17(21-3)11-18(16)19/h4-7,10-11H,8-9,12,20H2,1-3H3. The summed E-state index contributed by atoms with van der Waals surface area (Å²) in [5.41, 5.74) is 13.1. The predicted molar refractivity (Wildman–Crippen MR) is 86.8 cm³/mol. The van der Waals surface area contributed by atoms with E-state index in [9.17, 15) is 0 Å². The van der Waals surface area contributed by atoms with E-state index in [2.05, 4.69) is 44.2 Å². The molecule has 0 aromatic heterocycles. The molecule has 110 valence electrons. The highest BCUT2D eigenvalue weighted by molar-refractivity contribution is 5.45. The Morgan fingerprint density at radius 3 is 2.62 bits per heavy atom. The molecule has 1 atom stereocenters. The van der Waals surface area contributed by atoms with Gasteiger partial charge in [0.15, 0.2) is 0 Å². The molecule has 2 heteroatoms. The van der Waals surface area contributed by atoms with Crippen LogP contribution in [0.15, 0.2) is 36.4 Å². The lowest BCUT2D eigenvalue weighted by molar-refractivity contribution is 0.407. The van der Waals surface area contributed by atoms with Gasteiger partial charge in [-0.25, -0.2) is 0 Å². The van der Waals surface area contributed by atoms with E-state index in [1.165, 1.54) is 27.8 Å². The number of methoxy groups -OCH3 is 1. The van der Waals surface area contributed by atoms with Crippen molar-refractivity contribution < 1.29 is 4.74 Å². The molecule has 0 spiro atoms. The van der Waals surface area contributed by atoms with Crippen LogP contribution in [0, 0.1) is 13.8 Å². The SMILES string of the molecule is COc1ccc2c(c1)C(N)(Cc1ccc(C)c(C)c1)CC2. The van der Waals surface area contributed by atoms with Crippen molar-refractivity contribution in [2.75, 3.05) is 7.11 Å². The fourth-order valence-electron chi connectivity index (χ4n) is 3.32. The first-order valence-corrected chi connectivity index (χ1v) is 7.54. The molecule has 1 unspecified atom stereocenters. The van der Waals surface area contributed by atoms with Crippen LogP contribution in [0.5, 0.6) is 5.75 Å². The van der Waals surface area contributed by atoms with Crippen LogP contribution < -0.4 is 10.5 Å². The Balaban J connectivity index is 1.94. The Bertz CT molecular complexity index is 677. The number of nitrogens with two attached hydrogens (primary N) is 1. The second-order valence-corrected chi connectivity index (χ2v) is 6.27. The molecule has 0 radical (unpaired) electrons. The van der Waals surface area contributed by atoms with Crippen LogP contribution in [0.2, 0.25) is 0 Å². The average molecular weight is 281 g/mol. The molecule has 0 heterocycles. The van der Waals surface area contributed by atoms with Crippen LogP contribution in [0.25, 0.3) is 0 Å². The second kappa shape index (κ2) is 5.19. The van der Waals surface area contributed by atoms with Crippen molar-refractivity contribution >= 4 is 0 Å². The molecule has 1 aliphatic rings. The summed E-state index contributed by atoms with van der Waals surface area (Å²) in [5, 5.41) is 0. The number of hydrogen-bond acceptors (Lipinski definition) is 2. The van der Waals surface area contributed by atoms with Gasteiger partial charge >= 0.3 is 0 Å². The van der Waals surface area contributed by atoms with Crippen LogP contribution in [0.1, 0.15) is 34.2 Å². The van der Waals surface area contributed by atoms with Crippen molar-refractivity contribution in [2.24, 2.45) is 5.73 Å². The minimum atomic E-state index is -0.272. The van der Waals surface area contributed by atoms with Crippen molar-refractivity contribution in [3.05, 3.63) is 64.2 Å². The molecule has 2 aromatic carbocycles. The molecule has 2 N–H and O–H groups in total. The summed E-state index contributed by atoms with van der Waals surface area (Å²) in [6.07, 6.45) is 2.94. The number of fused-ring (bicyclic) bond motifs is 1. The van der Waals surface area contributed by atoms with Gasteiger partial charge < -0.3 is 10.5 Å². The molecular weight excluding hydrogens is 258 g/mol. The summed E-state index contributed by atoms with van der Waals surface area (Å²) in [4.78, 5) is 0. The summed E-state index contributed by atoms with van der Waals surface area (Å²) >= 11 is 0. The number of benzene rings is 2. The molecule has 0 saturated carbocycles. The molecule has 2 aromatic rings. The maximum Gasteiger partial charge on any atom is 0.119 e. The van der Waals surface area contributed by atoms with Gasteiger partial charge in [0.1, 0.15) is 5.75 Å². The molecule has 1 aliphatic carbocycles. The monoisotopic (exact) mass is 281 g/mol. The molecule has 21 heavy (non-hydrogen) atoms. The zero-order valence-corrected chi connectivity index (χ0v) is 13.1. The summed E-state index contributed by atoms with van der Waals surface area (Å²) in [5.74, 6) is 0.894. The molecule has 0 bridgehead atoms. The zero-order valence-electron chi connectivity index (χ0n) is 13.1. The van der Waals surface area contributed by atoms with Crippen molar-refractivity contribution in [2.45, 2.75) is 38.6 Å². The van der Waals surface area contributed by atoms with Crippen LogP contribution in [-0.2, 0) is 18.4 Å². The quantitative estimate of drug-likeness (QED) is 0.932. The Kier molecular flexibility index (Phi) is 3.50. The number of aryl methyl sites for hydroxylation is 3. The second-order valence-electron chi connectivity index (χ2n) is 6.27. The summed E-state index contributed by atoms with van der Waals surface area (Å²) in [6.45, 7) is 4.31. The molecule has 0 amide bonds. The first-order valence-electron chi connectivity index (χ1n) is 7.54. The Hall–Kier alpha value is -1.80. The Morgan fingerprint density at radius 1 is 1.10 bits per heavy atom. The van der Waals surface area contributed by atoms with Crippen molar-refractivity contribution in [3.63, 3.8) is 0 Å². The van der Waals surface area contributed by atoms with Gasteiger partial charge in [0, 0.05) is 5.54 Å². The van der Waals surface area contributed by atoms with Crippen LogP contribution in [0.3, 0.4) is 0 Å². The maximum absolute atomic E-state index is 6.76. The Labute approximate surface area is 126 Å². The van der Waals surface area contributed by atoms with Crippen molar-refractivity contribution in [1.29, 1.82) is 0 Å². The molecular formula is C19H23NO. The van der Waals surface area contributed by atoms with Gasteiger partial charge in [-0.1, -0.05) is 24.3 Å². The summed E-state index contributed by atoms with van der Waals surface area (Å²) in [6, 6.07) is 13.0. The average Bonchev–Trinajstić information content (AvgIpc) is 2.80. The van der Waals surface area contributed by atoms with E-state index in [0.29, 0.717) is 0 Å². The third-order valence-corrected chi connectivity index (χ3v) is 4.78. The topological polar surface area (TPSA) is 35.2 Å². The van der Waals surface area contributed by atoms with E-state index in [1.54, 1.807) is 7.11 Å². The van der Waals surface area contributed by atoms with Gasteiger partial charge in [0.05, 0.1) is 7.11 Å². The third-order valence-electron chi connectivity index (χ3n) is 4.78. The molecule has 0 aliphatic heterocycles. The smallest absolute Gasteiger partial charge is 0.119 e. The van der Waals surface area contributed by atoms with Crippen LogP contribution >= 0.6 is 0 Å². The fraction of sp³-hybridized carbons (Fsp3) is 0.368. The van der Waals surface area contributed by atoms with Crippen LogP contribution in [-0.4, -0.2) is 7.11 Å². The number of ether oxygens (including phenoxy) is 1. The molecule has 0 fully saturated rings. The number of rotatable bonds is 3. The fourth-order valence-corrected chi connectivity index (χ4v) is 3.32. The lowest BCUT2D eigenvalue weighted by atomic mass is 9.85. The largest absolute Gasteiger partial charge is 0.497 e. The normalized spacial score (nSPS) is 20.4. The maximum atomic E-state index is 6.76. The van der Waals surface area contributed by atoms with Crippen LogP contribution in [0.4, 0.5) is 0 Å². The minimum absolute atomic E-state index is 0.272. The zero-order chi connectivity index (χ0) is 15.0. The highest BCUT2D eigenvalue weighted by Crippen LogP contribution is 2.39. The van der Waals surface area contributed by atoms with E-state index >= 15 is 0 Å². The first kappa shape index (κ1) is 14.2. The van der Waals surface area contributed by atoms with Gasteiger partial charge in [0.25, 0.3) is 0 Å².